The van der Waals surface area contributed by atoms with Crippen LogP contribution in [0.2, 0.25) is 0 Å². The molecule has 0 spiro atoms. The van der Waals surface area contributed by atoms with Gasteiger partial charge in [-0.05, 0) is 42.3 Å². The first-order valence-corrected chi connectivity index (χ1v) is 10.4. The first-order valence-electron chi connectivity index (χ1n) is 10.4. The number of carbonyl (C=O) groups is 1. The molecule has 1 amide bonds. The summed E-state index contributed by atoms with van der Waals surface area (Å²) in [6.45, 7) is 1.81. The zero-order valence-corrected chi connectivity index (χ0v) is 17.0. The van der Waals surface area contributed by atoms with E-state index >= 15 is 0 Å². The number of pyridine rings is 1. The molecule has 31 heavy (non-hydrogen) atoms. The van der Waals surface area contributed by atoms with Crippen LogP contribution in [0.1, 0.15) is 23.3 Å². The van der Waals surface area contributed by atoms with E-state index in [-0.39, 0.29) is 17.4 Å². The maximum Gasteiger partial charge on any atom is 0.273 e. The van der Waals surface area contributed by atoms with Crippen LogP contribution in [0.15, 0.2) is 71.9 Å². The van der Waals surface area contributed by atoms with Crippen molar-refractivity contribution in [1.82, 2.24) is 29.4 Å². The Morgan fingerprint density at radius 2 is 1.84 bits per heavy atom. The topological polar surface area (TPSA) is 85.9 Å². The van der Waals surface area contributed by atoms with Crippen LogP contribution >= 0.6 is 0 Å². The van der Waals surface area contributed by atoms with Gasteiger partial charge >= 0.3 is 0 Å². The number of nitrogens with zero attached hydrogens (tertiary/aromatic N) is 6. The molecule has 3 aromatic heterocycles. The zero-order chi connectivity index (χ0) is 21.2. The van der Waals surface area contributed by atoms with E-state index in [0.717, 1.165) is 23.6 Å². The van der Waals surface area contributed by atoms with Gasteiger partial charge in [-0.15, -0.1) is 5.10 Å². The second-order valence-corrected chi connectivity index (χ2v) is 7.78. The normalized spacial score (nSPS) is 14.8. The van der Waals surface area contributed by atoms with Crippen molar-refractivity contribution in [2.75, 3.05) is 13.1 Å². The lowest BCUT2D eigenvalue weighted by atomic mass is 9.96. The lowest BCUT2D eigenvalue weighted by molar-refractivity contribution is 0.0676. The summed E-state index contributed by atoms with van der Waals surface area (Å²) in [6.07, 6.45) is 6.79. The predicted octanol–water partition coefficient (Wildman–Crippen LogP) is 2.53. The van der Waals surface area contributed by atoms with Crippen LogP contribution in [0.25, 0.3) is 16.6 Å². The van der Waals surface area contributed by atoms with Crippen molar-refractivity contribution < 1.29 is 4.79 Å². The Hall–Kier alpha value is -3.81. The first-order chi connectivity index (χ1) is 15.2. The number of piperidine rings is 1. The van der Waals surface area contributed by atoms with Crippen LogP contribution in [0.5, 0.6) is 0 Å². The molecule has 0 atom stereocenters. The molecule has 4 aromatic rings. The van der Waals surface area contributed by atoms with Crippen molar-refractivity contribution in [3.8, 4) is 5.82 Å². The molecule has 0 aliphatic carbocycles. The Morgan fingerprint density at radius 3 is 2.65 bits per heavy atom. The highest BCUT2D eigenvalue weighted by Crippen LogP contribution is 2.23. The third-order valence-electron chi connectivity index (χ3n) is 5.80. The molecule has 8 heteroatoms. The molecule has 0 radical (unpaired) electrons. The number of rotatable bonds is 4. The number of hydrogen-bond donors (Lipinski definition) is 0. The van der Waals surface area contributed by atoms with Gasteiger partial charge in [-0.3, -0.25) is 14.6 Å². The number of fused-ring (bicyclic) bond motifs is 1. The monoisotopic (exact) mass is 414 g/mol. The average molecular weight is 414 g/mol. The highest BCUT2D eigenvalue weighted by Gasteiger charge is 2.26. The molecule has 0 bridgehead atoms. The fraction of sp³-hybridized carbons (Fsp3) is 0.261. The maximum absolute atomic E-state index is 13.1. The molecule has 1 fully saturated rings. The molecule has 0 N–H and O–H groups in total. The quantitative estimate of drug-likeness (QED) is 0.512. The smallest absolute Gasteiger partial charge is 0.273 e. The molecule has 156 valence electrons. The van der Waals surface area contributed by atoms with E-state index in [1.165, 1.54) is 10.7 Å². The fourth-order valence-corrected chi connectivity index (χ4v) is 4.10. The van der Waals surface area contributed by atoms with Gasteiger partial charge < -0.3 is 4.90 Å². The van der Waals surface area contributed by atoms with E-state index < -0.39 is 0 Å². The minimum atomic E-state index is -0.130. The molecule has 0 saturated carbocycles. The molecule has 1 saturated heterocycles. The summed E-state index contributed by atoms with van der Waals surface area (Å²) in [7, 11) is 0. The summed E-state index contributed by atoms with van der Waals surface area (Å²) in [6, 6.07) is 14.7. The van der Waals surface area contributed by atoms with Gasteiger partial charge in [-0.25, -0.2) is 9.36 Å². The number of carbonyl (C=O) groups excluding carboxylic acids is 1. The van der Waals surface area contributed by atoms with Crippen LogP contribution < -0.4 is 5.56 Å². The van der Waals surface area contributed by atoms with Crippen molar-refractivity contribution in [2.45, 2.75) is 19.4 Å². The number of hydrogen-bond acceptors (Lipinski definition) is 5. The van der Waals surface area contributed by atoms with E-state index in [2.05, 4.69) is 15.2 Å². The van der Waals surface area contributed by atoms with Crippen LogP contribution in [0.3, 0.4) is 0 Å². The largest absolute Gasteiger partial charge is 0.337 e. The fourth-order valence-electron chi connectivity index (χ4n) is 4.10. The van der Waals surface area contributed by atoms with Gasteiger partial charge in [0.05, 0.1) is 0 Å². The SMILES string of the molecule is O=C(c1nccc2ccccc12)N1CCC(Cn2nc(-n3cccn3)ccc2=O)CC1. The zero-order valence-electron chi connectivity index (χ0n) is 17.0. The number of aromatic nitrogens is 5. The van der Waals surface area contributed by atoms with Gasteiger partial charge in [0.1, 0.15) is 5.69 Å². The molecule has 1 aromatic carbocycles. The number of likely N-dealkylation sites (tertiary alicyclic amines) is 1. The lowest BCUT2D eigenvalue weighted by Gasteiger charge is -2.32. The maximum atomic E-state index is 13.1. The summed E-state index contributed by atoms with van der Waals surface area (Å²) in [5.74, 6) is 0.855. The molecule has 5 rings (SSSR count). The molecule has 1 aliphatic rings. The van der Waals surface area contributed by atoms with Crippen molar-refractivity contribution >= 4 is 16.7 Å². The standard InChI is InChI=1S/C23H22N6O2/c30-21-7-6-20(28-13-3-11-25-28)26-29(21)16-17-9-14-27(15-10-17)23(31)22-19-5-2-1-4-18(19)8-12-24-22/h1-8,11-13,17H,9-10,14-16H2. The summed E-state index contributed by atoms with van der Waals surface area (Å²) in [5.41, 5.74) is 0.371. The van der Waals surface area contributed by atoms with Crippen LogP contribution in [-0.4, -0.2) is 48.4 Å². The highest BCUT2D eigenvalue weighted by molar-refractivity contribution is 6.05. The Balaban J connectivity index is 1.27. The van der Waals surface area contributed by atoms with Crippen molar-refractivity contribution in [3.63, 3.8) is 0 Å². The van der Waals surface area contributed by atoms with Gasteiger partial charge in [0.25, 0.3) is 11.5 Å². The number of amides is 1. The molecular formula is C23H22N6O2. The molecule has 8 nitrogen and oxygen atoms in total. The van der Waals surface area contributed by atoms with Gasteiger partial charge in [-0.1, -0.05) is 24.3 Å². The van der Waals surface area contributed by atoms with E-state index in [4.69, 9.17) is 0 Å². The molecule has 4 heterocycles. The van der Waals surface area contributed by atoms with Gasteiger partial charge in [0, 0.05) is 49.7 Å². The Labute approximate surface area is 178 Å². The van der Waals surface area contributed by atoms with E-state index in [0.29, 0.717) is 31.1 Å². The van der Waals surface area contributed by atoms with Crippen LogP contribution in [0.4, 0.5) is 0 Å². The Kier molecular flexibility index (Phi) is 5.03. The highest BCUT2D eigenvalue weighted by atomic mass is 16.2. The van der Waals surface area contributed by atoms with E-state index in [1.54, 1.807) is 29.3 Å². The van der Waals surface area contributed by atoms with Gasteiger partial charge in [-0.2, -0.15) is 5.10 Å². The van der Waals surface area contributed by atoms with E-state index in [1.807, 2.05) is 41.3 Å². The third-order valence-corrected chi connectivity index (χ3v) is 5.80. The lowest BCUT2D eigenvalue weighted by Crippen LogP contribution is -2.40. The Morgan fingerprint density at radius 1 is 1.00 bits per heavy atom. The molecule has 0 unspecified atom stereocenters. The molecule has 1 aliphatic heterocycles. The molecular weight excluding hydrogens is 392 g/mol. The average Bonchev–Trinajstić information content (AvgIpc) is 3.35. The van der Waals surface area contributed by atoms with Gasteiger partial charge in [0.15, 0.2) is 5.82 Å². The summed E-state index contributed by atoms with van der Waals surface area (Å²) < 4.78 is 3.14. The Bertz CT molecular complexity index is 1270. The first kappa shape index (κ1) is 19.2. The van der Waals surface area contributed by atoms with Crippen LogP contribution in [0, 0.1) is 5.92 Å². The van der Waals surface area contributed by atoms with Crippen molar-refractivity contribution in [1.29, 1.82) is 0 Å². The summed E-state index contributed by atoms with van der Waals surface area (Å²) >= 11 is 0. The summed E-state index contributed by atoms with van der Waals surface area (Å²) in [5, 5.41) is 10.5. The predicted molar refractivity (Wildman–Crippen MR) is 116 cm³/mol. The minimum Gasteiger partial charge on any atom is -0.337 e. The second kappa shape index (κ2) is 8.14. The number of benzene rings is 1. The minimum absolute atomic E-state index is 0.0359. The summed E-state index contributed by atoms with van der Waals surface area (Å²) in [4.78, 5) is 31.6. The van der Waals surface area contributed by atoms with E-state index in [9.17, 15) is 9.59 Å². The second-order valence-electron chi connectivity index (χ2n) is 7.78. The van der Waals surface area contributed by atoms with Crippen molar-refractivity contribution in [3.05, 3.63) is 83.2 Å². The third kappa shape index (κ3) is 3.84. The van der Waals surface area contributed by atoms with Crippen LogP contribution in [-0.2, 0) is 6.54 Å². The van der Waals surface area contributed by atoms with Gasteiger partial charge in [0.2, 0.25) is 0 Å². The van der Waals surface area contributed by atoms with Crippen molar-refractivity contribution in [2.24, 2.45) is 5.92 Å².